The Bertz CT molecular complexity index is 771. The van der Waals surface area contributed by atoms with Gasteiger partial charge < -0.3 is 10.1 Å². The lowest BCUT2D eigenvalue weighted by Crippen LogP contribution is -2.48. The van der Waals surface area contributed by atoms with Gasteiger partial charge in [0.25, 0.3) is 5.91 Å². The summed E-state index contributed by atoms with van der Waals surface area (Å²) in [7, 11) is 0. The molecule has 26 heavy (non-hydrogen) atoms. The fraction of sp³-hybridized carbons (Fsp3) is 0.619. The van der Waals surface area contributed by atoms with Gasteiger partial charge in [-0.1, -0.05) is 32.1 Å². The third kappa shape index (κ3) is 3.63. The molecular formula is C21H29N3O2. The highest BCUT2D eigenvalue weighted by molar-refractivity contribution is 5.98. The van der Waals surface area contributed by atoms with Gasteiger partial charge in [-0.15, -0.1) is 0 Å². The number of carbonyl (C=O) groups excluding carboxylic acids is 1. The first kappa shape index (κ1) is 17.5. The molecule has 0 spiro atoms. The Kier molecular flexibility index (Phi) is 4.98. The molecule has 1 aromatic heterocycles. The summed E-state index contributed by atoms with van der Waals surface area (Å²) in [6.45, 7) is 2.57. The minimum absolute atomic E-state index is 0.0209. The van der Waals surface area contributed by atoms with Crippen molar-refractivity contribution in [3.05, 3.63) is 29.5 Å². The summed E-state index contributed by atoms with van der Waals surface area (Å²) in [4.78, 5) is 12.7. The molecule has 2 aliphatic carbocycles. The van der Waals surface area contributed by atoms with Crippen molar-refractivity contribution in [2.45, 2.75) is 76.4 Å². The summed E-state index contributed by atoms with van der Waals surface area (Å²) in [6, 6.07) is 5.71. The number of carbonyl (C=O) groups is 1. The number of nitrogens with one attached hydrogen (secondary N) is 2. The highest BCUT2D eigenvalue weighted by Gasteiger charge is 2.36. The third-order valence-electron chi connectivity index (χ3n) is 6.07. The molecule has 4 rings (SSSR count). The van der Waals surface area contributed by atoms with E-state index in [4.69, 9.17) is 4.74 Å². The molecule has 1 heterocycles. The number of nitrogens with zero attached hydrogens (tertiary/aromatic N) is 1. The van der Waals surface area contributed by atoms with Crippen molar-refractivity contribution in [3.63, 3.8) is 0 Å². The van der Waals surface area contributed by atoms with Gasteiger partial charge in [0.1, 0.15) is 0 Å². The second-order valence-corrected chi connectivity index (χ2v) is 8.02. The molecule has 2 fully saturated rings. The number of aromatic amines is 1. The van der Waals surface area contributed by atoms with Crippen LogP contribution in [0.5, 0.6) is 0 Å². The van der Waals surface area contributed by atoms with E-state index in [2.05, 4.69) is 15.5 Å². The molecule has 2 aromatic rings. The van der Waals surface area contributed by atoms with E-state index in [1.807, 2.05) is 25.1 Å². The Morgan fingerprint density at radius 3 is 2.77 bits per heavy atom. The van der Waals surface area contributed by atoms with Crippen LogP contribution in [0.4, 0.5) is 0 Å². The lowest BCUT2D eigenvalue weighted by atomic mass is 9.84. The van der Waals surface area contributed by atoms with E-state index >= 15 is 0 Å². The summed E-state index contributed by atoms with van der Waals surface area (Å²) in [5.41, 5.74) is 2.41. The number of H-pyrrole nitrogens is 1. The summed E-state index contributed by atoms with van der Waals surface area (Å²) in [6.07, 6.45) is 11.1. The second-order valence-electron chi connectivity index (χ2n) is 8.02. The first-order valence-corrected chi connectivity index (χ1v) is 10.1. The lowest BCUT2D eigenvalue weighted by Gasteiger charge is -2.39. The number of ether oxygens (including phenoxy) is 1. The van der Waals surface area contributed by atoms with E-state index in [1.165, 1.54) is 44.9 Å². The maximum absolute atomic E-state index is 12.7. The molecule has 2 aliphatic rings. The van der Waals surface area contributed by atoms with Crippen molar-refractivity contribution >= 4 is 16.8 Å². The largest absolute Gasteiger partial charge is 0.370 e. The van der Waals surface area contributed by atoms with Crippen LogP contribution in [0.15, 0.2) is 18.2 Å². The van der Waals surface area contributed by atoms with E-state index < -0.39 is 0 Å². The van der Waals surface area contributed by atoms with Crippen LogP contribution in [0.2, 0.25) is 0 Å². The van der Waals surface area contributed by atoms with Gasteiger partial charge in [0.2, 0.25) is 0 Å². The van der Waals surface area contributed by atoms with Gasteiger partial charge in [-0.2, -0.15) is 5.10 Å². The van der Waals surface area contributed by atoms with Crippen LogP contribution in [0.3, 0.4) is 0 Å². The molecule has 5 heteroatoms. The number of aromatic nitrogens is 2. The topological polar surface area (TPSA) is 67.0 Å². The van der Waals surface area contributed by atoms with Gasteiger partial charge in [0.05, 0.1) is 22.9 Å². The number of rotatable bonds is 5. The SMILES string of the molecule is Cc1n[nH]c2ccc(C(=O)NCC3(OC4CCCC4)CCCCC3)cc12. The van der Waals surface area contributed by atoms with Crippen LogP contribution in [-0.4, -0.2) is 34.4 Å². The Balaban J connectivity index is 1.45. The summed E-state index contributed by atoms with van der Waals surface area (Å²) in [5, 5.41) is 11.4. The fourth-order valence-electron chi connectivity index (χ4n) is 4.52. The Morgan fingerprint density at radius 2 is 2.00 bits per heavy atom. The normalized spacial score (nSPS) is 20.5. The Labute approximate surface area is 154 Å². The van der Waals surface area contributed by atoms with Crippen molar-refractivity contribution in [1.29, 1.82) is 0 Å². The molecule has 1 aromatic carbocycles. The van der Waals surface area contributed by atoms with Crippen molar-refractivity contribution in [1.82, 2.24) is 15.5 Å². The maximum Gasteiger partial charge on any atom is 0.251 e. The molecule has 2 N–H and O–H groups in total. The van der Waals surface area contributed by atoms with Crippen molar-refractivity contribution in [2.75, 3.05) is 6.54 Å². The van der Waals surface area contributed by atoms with E-state index in [1.54, 1.807) is 0 Å². The number of fused-ring (bicyclic) bond motifs is 1. The average Bonchev–Trinajstić information content (AvgIpc) is 3.30. The minimum atomic E-state index is -0.168. The van der Waals surface area contributed by atoms with Crippen LogP contribution in [0.1, 0.15) is 73.8 Å². The van der Waals surface area contributed by atoms with Gasteiger partial charge in [0, 0.05) is 17.5 Å². The quantitative estimate of drug-likeness (QED) is 0.842. The number of aryl methyl sites for hydroxylation is 1. The molecule has 5 nitrogen and oxygen atoms in total. The highest BCUT2D eigenvalue weighted by atomic mass is 16.5. The molecule has 0 atom stereocenters. The first-order chi connectivity index (χ1) is 12.7. The monoisotopic (exact) mass is 355 g/mol. The smallest absolute Gasteiger partial charge is 0.251 e. The summed E-state index contributed by atoms with van der Waals surface area (Å²) in [5.74, 6) is -0.0209. The molecule has 1 amide bonds. The van der Waals surface area contributed by atoms with Gasteiger partial charge in [-0.25, -0.2) is 0 Å². The van der Waals surface area contributed by atoms with E-state index in [9.17, 15) is 4.79 Å². The van der Waals surface area contributed by atoms with Crippen LogP contribution in [0, 0.1) is 6.92 Å². The van der Waals surface area contributed by atoms with Crippen molar-refractivity contribution in [3.8, 4) is 0 Å². The van der Waals surface area contributed by atoms with Gasteiger partial charge in [-0.3, -0.25) is 9.89 Å². The van der Waals surface area contributed by atoms with E-state index in [-0.39, 0.29) is 11.5 Å². The first-order valence-electron chi connectivity index (χ1n) is 10.1. The Morgan fingerprint density at radius 1 is 1.23 bits per heavy atom. The minimum Gasteiger partial charge on any atom is -0.370 e. The average molecular weight is 355 g/mol. The standard InChI is InChI=1S/C21H29N3O2/c1-15-18-13-16(9-10-19(18)24-23-15)20(25)22-14-21(11-5-2-6-12-21)26-17-7-3-4-8-17/h9-10,13,17H,2-8,11-12,14H2,1H3,(H,22,25)(H,23,24). The number of hydrogen-bond donors (Lipinski definition) is 2. The van der Waals surface area contributed by atoms with Crippen LogP contribution in [-0.2, 0) is 4.74 Å². The maximum atomic E-state index is 12.7. The third-order valence-corrected chi connectivity index (χ3v) is 6.07. The van der Waals surface area contributed by atoms with Crippen LogP contribution in [0.25, 0.3) is 10.9 Å². The van der Waals surface area contributed by atoms with Crippen molar-refractivity contribution in [2.24, 2.45) is 0 Å². The number of benzene rings is 1. The highest BCUT2D eigenvalue weighted by Crippen LogP contribution is 2.35. The van der Waals surface area contributed by atoms with Crippen molar-refractivity contribution < 1.29 is 9.53 Å². The van der Waals surface area contributed by atoms with Gasteiger partial charge in [-0.05, 0) is 50.8 Å². The number of amides is 1. The van der Waals surface area contributed by atoms with Crippen LogP contribution >= 0.6 is 0 Å². The molecule has 0 radical (unpaired) electrons. The van der Waals surface area contributed by atoms with E-state index in [0.717, 1.165) is 29.4 Å². The van der Waals surface area contributed by atoms with Gasteiger partial charge >= 0.3 is 0 Å². The number of hydrogen-bond acceptors (Lipinski definition) is 3. The lowest BCUT2D eigenvalue weighted by molar-refractivity contribution is -0.108. The molecule has 0 aliphatic heterocycles. The molecule has 2 saturated carbocycles. The summed E-state index contributed by atoms with van der Waals surface area (Å²) < 4.78 is 6.57. The zero-order chi connectivity index (χ0) is 18.0. The fourth-order valence-corrected chi connectivity index (χ4v) is 4.52. The summed E-state index contributed by atoms with van der Waals surface area (Å²) >= 11 is 0. The zero-order valence-corrected chi connectivity index (χ0v) is 15.6. The molecular weight excluding hydrogens is 326 g/mol. The van der Waals surface area contributed by atoms with Gasteiger partial charge in [0.15, 0.2) is 0 Å². The zero-order valence-electron chi connectivity index (χ0n) is 15.6. The predicted molar refractivity (Wildman–Crippen MR) is 102 cm³/mol. The molecule has 140 valence electrons. The Hall–Kier alpha value is -1.88. The predicted octanol–water partition coefficient (Wildman–Crippen LogP) is 4.26. The second kappa shape index (κ2) is 7.39. The van der Waals surface area contributed by atoms with Crippen LogP contribution < -0.4 is 5.32 Å². The molecule has 0 unspecified atom stereocenters. The van der Waals surface area contributed by atoms with E-state index in [0.29, 0.717) is 18.2 Å². The molecule has 0 bridgehead atoms. The molecule has 0 saturated heterocycles.